The van der Waals surface area contributed by atoms with Gasteiger partial charge in [0.05, 0.1) is 16.3 Å². The molecule has 1 fully saturated rings. The molecule has 0 saturated carbocycles. The summed E-state index contributed by atoms with van der Waals surface area (Å²) in [5, 5.41) is 6.52. The lowest BCUT2D eigenvalue weighted by Crippen LogP contribution is -2.30. The number of nitrogens with zero attached hydrogens (tertiary/aromatic N) is 1. The number of para-hydroxylation sites is 1. The van der Waals surface area contributed by atoms with Crippen molar-refractivity contribution < 1.29 is 4.79 Å². The molecule has 39 heavy (non-hydrogen) atoms. The molecular formula is C34H29N3OS. The minimum absolute atomic E-state index is 0.0737. The van der Waals surface area contributed by atoms with Crippen LogP contribution < -0.4 is 10.6 Å². The monoisotopic (exact) mass is 527 g/mol. The zero-order chi connectivity index (χ0) is 26.6. The average Bonchev–Trinajstić information content (AvgIpc) is 3.54. The van der Waals surface area contributed by atoms with Crippen LogP contribution in [0.3, 0.4) is 0 Å². The Balaban J connectivity index is 1.44. The largest absolute Gasteiger partial charge is 0.357 e. The van der Waals surface area contributed by atoms with Crippen LogP contribution >= 0.6 is 11.8 Å². The number of aromatic nitrogens is 1. The summed E-state index contributed by atoms with van der Waals surface area (Å²) in [5.74, 6) is -0.0737. The molecule has 4 aromatic carbocycles. The van der Waals surface area contributed by atoms with E-state index in [0.717, 1.165) is 45.9 Å². The molecule has 192 valence electrons. The van der Waals surface area contributed by atoms with Gasteiger partial charge in [0.1, 0.15) is 0 Å². The summed E-state index contributed by atoms with van der Waals surface area (Å²) in [6, 6.07) is 41.7. The summed E-state index contributed by atoms with van der Waals surface area (Å²) in [7, 11) is 0. The fourth-order valence-electron chi connectivity index (χ4n) is 4.89. The van der Waals surface area contributed by atoms with E-state index < -0.39 is 0 Å². The van der Waals surface area contributed by atoms with E-state index in [0.29, 0.717) is 4.91 Å². The van der Waals surface area contributed by atoms with Crippen LogP contribution in [0, 0.1) is 0 Å². The Bertz CT molecular complexity index is 1610. The summed E-state index contributed by atoms with van der Waals surface area (Å²) in [6.07, 6.45) is 3.02. The van der Waals surface area contributed by atoms with Gasteiger partial charge >= 0.3 is 0 Å². The van der Waals surface area contributed by atoms with Gasteiger partial charge in [-0.1, -0.05) is 110 Å². The van der Waals surface area contributed by atoms with E-state index in [1.54, 1.807) is 0 Å². The maximum atomic E-state index is 13.1. The second-order valence-electron chi connectivity index (χ2n) is 9.41. The van der Waals surface area contributed by atoms with E-state index in [2.05, 4.69) is 125 Å². The SMILES string of the molecule is CCc1ccc(N[C@H]2NC(=O)/C(=C\c3cc(-c4ccccc4)n(-c4ccccc4)c3-c3ccccc3)S2)cc1. The fraction of sp³-hybridized carbons (Fsp3) is 0.0882. The van der Waals surface area contributed by atoms with Crippen molar-refractivity contribution in [2.75, 3.05) is 5.32 Å². The molecule has 5 heteroatoms. The van der Waals surface area contributed by atoms with Gasteiger partial charge in [0.2, 0.25) is 0 Å². The Labute approximate surface area is 233 Å². The first kappa shape index (κ1) is 24.8. The van der Waals surface area contributed by atoms with E-state index >= 15 is 0 Å². The van der Waals surface area contributed by atoms with E-state index in [-0.39, 0.29) is 11.4 Å². The highest BCUT2D eigenvalue weighted by molar-refractivity contribution is 8.05. The summed E-state index contributed by atoms with van der Waals surface area (Å²) < 4.78 is 2.29. The predicted octanol–water partition coefficient (Wildman–Crippen LogP) is 7.97. The minimum Gasteiger partial charge on any atom is -0.357 e. The zero-order valence-electron chi connectivity index (χ0n) is 21.7. The lowest BCUT2D eigenvalue weighted by Gasteiger charge is -2.15. The Kier molecular flexibility index (Phi) is 7.07. The number of carbonyl (C=O) groups excluding carboxylic acids is 1. The lowest BCUT2D eigenvalue weighted by atomic mass is 10.1. The molecule has 6 rings (SSSR count). The van der Waals surface area contributed by atoms with Crippen molar-refractivity contribution >= 4 is 29.4 Å². The maximum absolute atomic E-state index is 13.1. The summed E-state index contributed by atoms with van der Waals surface area (Å²) in [5.41, 5.74) is 8.42. The van der Waals surface area contributed by atoms with Crippen molar-refractivity contribution in [3.63, 3.8) is 0 Å². The zero-order valence-corrected chi connectivity index (χ0v) is 22.5. The van der Waals surface area contributed by atoms with Crippen molar-refractivity contribution in [2.45, 2.75) is 18.8 Å². The second-order valence-corrected chi connectivity index (χ2v) is 10.6. The third-order valence-electron chi connectivity index (χ3n) is 6.84. The number of carbonyl (C=O) groups is 1. The predicted molar refractivity (Wildman–Crippen MR) is 164 cm³/mol. The van der Waals surface area contributed by atoms with Crippen molar-refractivity contribution in [2.24, 2.45) is 0 Å². The molecule has 2 heterocycles. The third-order valence-corrected chi connectivity index (χ3v) is 7.87. The highest BCUT2D eigenvalue weighted by Crippen LogP contribution is 2.39. The Morgan fingerprint density at radius 2 is 1.44 bits per heavy atom. The van der Waals surface area contributed by atoms with Crippen molar-refractivity contribution in [1.29, 1.82) is 0 Å². The van der Waals surface area contributed by atoms with Gasteiger partial charge in [0, 0.05) is 16.9 Å². The van der Waals surface area contributed by atoms with Gasteiger partial charge in [-0.15, -0.1) is 0 Å². The normalized spacial score (nSPS) is 15.9. The maximum Gasteiger partial charge on any atom is 0.260 e. The highest BCUT2D eigenvalue weighted by Gasteiger charge is 2.28. The topological polar surface area (TPSA) is 46.1 Å². The molecule has 1 aliphatic heterocycles. The standard InChI is InChI=1S/C34H29N3OS/c1-2-24-18-20-28(21-19-24)35-34-36-33(38)31(39-34)23-27-22-30(25-12-6-3-7-13-25)37(29-16-10-5-11-17-29)32(27)26-14-8-4-9-15-26/h3-23,34-35H,2H2,1H3,(H,36,38)/b31-23+/t34-/m0/s1. The van der Waals surface area contributed by atoms with E-state index in [1.807, 2.05) is 24.3 Å². The second kappa shape index (κ2) is 11.1. The first-order chi connectivity index (χ1) is 19.2. The molecule has 0 bridgehead atoms. The molecule has 1 saturated heterocycles. The molecule has 1 aromatic heterocycles. The van der Waals surface area contributed by atoms with Crippen LogP contribution in [0.15, 0.2) is 126 Å². The van der Waals surface area contributed by atoms with Gasteiger partial charge in [-0.05, 0) is 59.5 Å². The van der Waals surface area contributed by atoms with Gasteiger partial charge < -0.3 is 15.2 Å². The highest BCUT2D eigenvalue weighted by atomic mass is 32.2. The Hall–Kier alpha value is -4.48. The first-order valence-electron chi connectivity index (χ1n) is 13.2. The summed E-state index contributed by atoms with van der Waals surface area (Å²) in [4.78, 5) is 13.8. The number of hydrogen-bond donors (Lipinski definition) is 2. The van der Waals surface area contributed by atoms with Gasteiger partial charge in [-0.25, -0.2) is 0 Å². The van der Waals surface area contributed by atoms with Crippen LogP contribution in [0.5, 0.6) is 0 Å². The molecule has 0 spiro atoms. The molecular weight excluding hydrogens is 498 g/mol. The van der Waals surface area contributed by atoms with Gasteiger partial charge in [-0.2, -0.15) is 0 Å². The average molecular weight is 528 g/mol. The first-order valence-corrected chi connectivity index (χ1v) is 14.0. The number of anilines is 1. The minimum atomic E-state index is -0.235. The Morgan fingerprint density at radius 1 is 0.821 bits per heavy atom. The molecule has 0 unspecified atom stereocenters. The lowest BCUT2D eigenvalue weighted by molar-refractivity contribution is -0.116. The molecule has 4 nitrogen and oxygen atoms in total. The van der Waals surface area contributed by atoms with Crippen LogP contribution in [0.1, 0.15) is 18.1 Å². The molecule has 0 radical (unpaired) electrons. The quantitative estimate of drug-likeness (QED) is 0.211. The van der Waals surface area contributed by atoms with E-state index in [1.165, 1.54) is 17.3 Å². The molecule has 5 aromatic rings. The van der Waals surface area contributed by atoms with Gasteiger partial charge in [-0.3, -0.25) is 4.79 Å². The van der Waals surface area contributed by atoms with Crippen LogP contribution in [-0.2, 0) is 11.2 Å². The number of nitrogens with one attached hydrogen (secondary N) is 2. The van der Waals surface area contributed by atoms with Crippen molar-refractivity contribution in [3.05, 3.63) is 137 Å². The van der Waals surface area contributed by atoms with Crippen LogP contribution in [0.2, 0.25) is 0 Å². The molecule has 2 N–H and O–H groups in total. The van der Waals surface area contributed by atoms with Crippen LogP contribution in [0.4, 0.5) is 5.69 Å². The van der Waals surface area contributed by atoms with Crippen molar-refractivity contribution in [1.82, 2.24) is 9.88 Å². The van der Waals surface area contributed by atoms with Gasteiger partial charge in [0.15, 0.2) is 5.50 Å². The van der Waals surface area contributed by atoms with E-state index in [4.69, 9.17) is 0 Å². The van der Waals surface area contributed by atoms with E-state index in [9.17, 15) is 4.79 Å². The van der Waals surface area contributed by atoms with Crippen LogP contribution in [0.25, 0.3) is 34.3 Å². The number of thioether (sulfide) groups is 1. The third kappa shape index (κ3) is 5.27. The summed E-state index contributed by atoms with van der Waals surface area (Å²) in [6.45, 7) is 2.14. The number of aryl methyl sites for hydroxylation is 1. The molecule has 1 aliphatic rings. The molecule has 1 atom stereocenters. The fourth-order valence-corrected chi connectivity index (χ4v) is 5.87. The van der Waals surface area contributed by atoms with Gasteiger partial charge in [0.25, 0.3) is 5.91 Å². The molecule has 1 amide bonds. The Morgan fingerprint density at radius 3 is 2.08 bits per heavy atom. The smallest absolute Gasteiger partial charge is 0.260 e. The number of benzene rings is 4. The molecule has 0 aliphatic carbocycles. The number of amides is 1. The van der Waals surface area contributed by atoms with Crippen LogP contribution in [-0.4, -0.2) is 16.0 Å². The number of hydrogen-bond acceptors (Lipinski definition) is 3. The van der Waals surface area contributed by atoms with Crippen molar-refractivity contribution in [3.8, 4) is 28.2 Å². The summed E-state index contributed by atoms with van der Waals surface area (Å²) >= 11 is 1.51. The number of rotatable bonds is 7.